The molecular weight excluding hydrogens is 467 g/mol. The number of amides is 1. The molecule has 36 heavy (non-hydrogen) atoms. The van der Waals surface area contributed by atoms with Crippen molar-refractivity contribution in [1.82, 2.24) is 19.8 Å². The lowest BCUT2D eigenvalue weighted by Gasteiger charge is -2.34. The molecule has 1 amide bonds. The highest BCUT2D eigenvalue weighted by atomic mass is 19.1. The van der Waals surface area contributed by atoms with Crippen LogP contribution < -0.4 is 10.3 Å². The molecule has 1 N–H and O–H groups in total. The van der Waals surface area contributed by atoms with Gasteiger partial charge in [-0.1, -0.05) is 6.07 Å². The van der Waals surface area contributed by atoms with Gasteiger partial charge >= 0.3 is 0 Å². The summed E-state index contributed by atoms with van der Waals surface area (Å²) < 4.78 is 25.5. The van der Waals surface area contributed by atoms with Crippen LogP contribution in [-0.4, -0.2) is 70.3 Å². The predicted molar refractivity (Wildman–Crippen MR) is 126 cm³/mol. The maximum absolute atomic E-state index is 14.6. The fourth-order valence-electron chi connectivity index (χ4n) is 5.90. The van der Waals surface area contributed by atoms with Gasteiger partial charge in [0, 0.05) is 25.3 Å². The third kappa shape index (κ3) is 4.12. The van der Waals surface area contributed by atoms with Crippen LogP contribution in [0.1, 0.15) is 52.3 Å². The highest BCUT2D eigenvalue weighted by Gasteiger charge is 2.39. The van der Waals surface area contributed by atoms with Crippen molar-refractivity contribution >= 4 is 11.7 Å². The van der Waals surface area contributed by atoms with Gasteiger partial charge in [0.05, 0.1) is 49.2 Å². The van der Waals surface area contributed by atoms with Crippen molar-refractivity contribution in [3.8, 4) is 5.75 Å². The fraction of sp³-hybridized carbons (Fsp3) is 0.538. The maximum atomic E-state index is 14.6. The highest BCUT2D eigenvalue weighted by molar-refractivity contribution is 6.01. The Morgan fingerprint density at radius 3 is 2.78 bits per heavy atom. The Kier molecular flexibility index (Phi) is 6.08. The number of likely N-dealkylation sites (tertiary alicyclic amines) is 2. The average Bonchev–Trinajstić information content (AvgIpc) is 3.50. The molecule has 0 saturated carbocycles. The quantitative estimate of drug-likeness (QED) is 0.627. The number of carbonyl (C=O) groups excluding carboxylic acids is 2. The third-order valence-electron chi connectivity index (χ3n) is 7.88. The standard InChI is InChI=1S/C26H29FN4O5/c27-18-2-1-16-6-12-36-24(16)22(18)23(32)15-3-8-30(9-4-15)20-5-10-31(26(20)34)13-21-28-19-7-11-35-14-17(19)25(33)29-21/h1-2,15,20H,3-14H2,(H,28,29,33). The number of nitrogens with one attached hydrogen (secondary N) is 1. The van der Waals surface area contributed by atoms with Crippen LogP contribution in [0.15, 0.2) is 16.9 Å². The number of H-pyrrole nitrogens is 1. The molecule has 1 atom stereocenters. The molecule has 5 heterocycles. The molecule has 1 aromatic carbocycles. The van der Waals surface area contributed by atoms with Gasteiger partial charge in [-0.2, -0.15) is 0 Å². The lowest BCUT2D eigenvalue weighted by molar-refractivity contribution is -0.133. The Morgan fingerprint density at radius 2 is 1.94 bits per heavy atom. The summed E-state index contributed by atoms with van der Waals surface area (Å²) in [5.74, 6) is -0.0789. The van der Waals surface area contributed by atoms with E-state index in [0.717, 1.165) is 11.3 Å². The Morgan fingerprint density at radius 1 is 1.11 bits per heavy atom. The number of halogens is 1. The Balaban J connectivity index is 1.08. The smallest absolute Gasteiger partial charge is 0.256 e. The summed E-state index contributed by atoms with van der Waals surface area (Å²) in [6.45, 7) is 3.35. The zero-order valence-electron chi connectivity index (χ0n) is 20.1. The van der Waals surface area contributed by atoms with E-state index in [2.05, 4.69) is 14.9 Å². The fourth-order valence-corrected chi connectivity index (χ4v) is 5.90. The van der Waals surface area contributed by atoms with E-state index < -0.39 is 5.82 Å². The highest BCUT2D eigenvalue weighted by Crippen LogP contribution is 2.35. The van der Waals surface area contributed by atoms with Gasteiger partial charge in [-0.05, 0) is 44.0 Å². The summed E-state index contributed by atoms with van der Waals surface area (Å²) >= 11 is 0. The molecule has 0 radical (unpaired) electrons. The summed E-state index contributed by atoms with van der Waals surface area (Å²) in [5, 5.41) is 0. The van der Waals surface area contributed by atoms with Gasteiger partial charge < -0.3 is 19.4 Å². The first-order valence-corrected chi connectivity index (χ1v) is 12.7. The van der Waals surface area contributed by atoms with Crippen LogP contribution in [0.3, 0.4) is 0 Å². The molecule has 10 heteroatoms. The second kappa shape index (κ2) is 9.40. The zero-order chi connectivity index (χ0) is 24.8. The molecule has 1 aromatic heterocycles. The van der Waals surface area contributed by atoms with Crippen LogP contribution >= 0.6 is 0 Å². The molecule has 2 saturated heterocycles. The molecule has 1 unspecified atom stereocenters. The lowest BCUT2D eigenvalue weighted by atomic mass is 9.87. The summed E-state index contributed by atoms with van der Waals surface area (Å²) in [6, 6.07) is 2.80. The number of hydrogen-bond donors (Lipinski definition) is 1. The van der Waals surface area contributed by atoms with Crippen molar-refractivity contribution in [3.05, 3.63) is 56.5 Å². The molecule has 2 fully saturated rings. The van der Waals surface area contributed by atoms with Gasteiger partial charge in [-0.25, -0.2) is 9.37 Å². The number of rotatable bonds is 5. The second-order valence-corrected chi connectivity index (χ2v) is 9.99. The predicted octanol–water partition coefficient (Wildman–Crippen LogP) is 1.61. The minimum absolute atomic E-state index is 0.0174. The second-order valence-electron chi connectivity index (χ2n) is 9.99. The third-order valence-corrected chi connectivity index (χ3v) is 7.88. The number of aromatic nitrogens is 2. The monoisotopic (exact) mass is 496 g/mol. The minimum Gasteiger partial charge on any atom is -0.492 e. The van der Waals surface area contributed by atoms with E-state index in [1.165, 1.54) is 6.07 Å². The summed E-state index contributed by atoms with van der Waals surface area (Å²) in [6.07, 6.45) is 3.13. The van der Waals surface area contributed by atoms with Crippen molar-refractivity contribution in [2.75, 3.05) is 32.8 Å². The van der Waals surface area contributed by atoms with Crippen molar-refractivity contribution in [3.63, 3.8) is 0 Å². The van der Waals surface area contributed by atoms with E-state index in [9.17, 15) is 18.8 Å². The molecule has 190 valence electrons. The van der Waals surface area contributed by atoms with Gasteiger partial charge in [-0.15, -0.1) is 0 Å². The van der Waals surface area contributed by atoms with Crippen LogP contribution in [0.2, 0.25) is 0 Å². The van der Waals surface area contributed by atoms with E-state index >= 15 is 0 Å². The normalized spacial score (nSPS) is 22.4. The number of hydrogen-bond acceptors (Lipinski definition) is 7. The van der Waals surface area contributed by atoms with Crippen molar-refractivity contribution in [2.45, 2.75) is 51.3 Å². The molecule has 9 nitrogen and oxygen atoms in total. The number of benzene rings is 1. The van der Waals surface area contributed by atoms with Gasteiger partial charge in [0.25, 0.3) is 5.56 Å². The van der Waals surface area contributed by atoms with Gasteiger partial charge in [0.2, 0.25) is 5.91 Å². The van der Waals surface area contributed by atoms with E-state index in [0.29, 0.717) is 82.1 Å². The van der Waals surface area contributed by atoms with Crippen LogP contribution in [0.5, 0.6) is 5.75 Å². The van der Waals surface area contributed by atoms with E-state index in [-0.39, 0.29) is 47.9 Å². The molecule has 6 rings (SSSR count). The summed E-state index contributed by atoms with van der Waals surface area (Å²) in [7, 11) is 0. The van der Waals surface area contributed by atoms with Crippen molar-refractivity contribution in [2.24, 2.45) is 5.92 Å². The number of ketones is 1. The number of aromatic amines is 1. The first-order chi connectivity index (χ1) is 17.5. The number of ether oxygens (including phenoxy) is 2. The molecule has 2 aromatic rings. The average molecular weight is 497 g/mol. The number of piperidine rings is 1. The summed E-state index contributed by atoms with van der Waals surface area (Å²) in [5.41, 5.74) is 2.10. The lowest BCUT2D eigenvalue weighted by Crippen LogP contribution is -2.46. The van der Waals surface area contributed by atoms with Gasteiger partial charge in [0.1, 0.15) is 17.4 Å². The van der Waals surface area contributed by atoms with E-state index in [1.807, 2.05) is 0 Å². The first kappa shape index (κ1) is 23.3. The number of fused-ring (bicyclic) bond motifs is 2. The van der Waals surface area contributed by atoms with Crippen LogP contribution in [0.25, 0.3) is 0 Å². The molecule has 4 aliphatic heterocycles. The topological polar surface area (TPSA) is 105 Å². The molecule has 0 aliphatic carbocycles. The maximum Gasteiger partial charge on any atom is 0.256 e. The largest absolute Gasteiger partial charge is 0.492 e. The van der Waals surface area contributed by atoms with E-state index in [1.54, 1.807) is 11.0 Å². The number of nitrogens with zero attached hydrogens (tertiary/aromatic N) is 3. The Bertz CT molecular complexity index is 1270. The SMILES string of the molecule is O=C(c1c(F)ccc2c1OCC2)C1CCN(C2CCN(Cc3nc4c(c(=O)[nH]3)COCC4)C2=O)CC1. The molecule has 0 bridgehead atoms. The Hall–Kier alpha value is -3.11. The Labute approximate surface area is 207 Å². The van der Waals surface area contributed by atoms with Gasteiger partial charge in [0.15, 0.2) is 5.78 Å². The molecule has 4 aliphatic rings. The number of Topliss-reactive ketones (excluding diaryl/α,β-unsaturated/α-hetero) is 1. The van der Waals surface area contributed by atoms with Crippen LogP contribution in [0, 0.1) is 11.7 Å². The van der Waals surface area contributed by atoms with Crippen LogP contribution in [0.4, 0.5) is 4.39 Å². The minimum atomic E-state index is -0.522. The number of carbonyl (C=O) groups is 2. The van der Waals surface area contributed by atoms with Crippen molar-refractivity contribution < 1.29 is 23.5 Å². The van der Waals surface area contributed by atoms with E-state index in [4.69, 9.17) is 9.47 Å². The molecule has 0 spiro atoms. The first-order valence-electron chi connectivity index (χ1n) is 12.7. The van der Waals surface area contributed by atoms with Crippen molar-refractivity contribution in [1.29, 1.82) is 0 Å². The zero-order valence-corrected chi connectivity index (χ0v) is 20.1. The van der Waals surface area contributed by atoms with Gasteiger partial charge in [-0.3, -0.25) is 19.3 Å². The summed E-state index contributed by atoms with van der Waals surface area (Å²) in [4.78, 5) is 50.0. The van der Waals surface area contributed by atoms with Crippen LogP contribution in [-0.2, 0) is 35.5 Å². The molecular formula is C26H29FN4O5.